The number of hydrogen-bond donors (Lipinski definition) is 21. The lowest BCUT2D eigenvalue weighted by molar-refractivity contribution is -0.136. The third kappa shape index (κ3) is 33.9. The number of carbonyl (C=O) groups is 10. The van der Waals surface area contributed by atoms with Crippen molar-refractivity contribution in [3.05, 3.63) is 0 Å². The van der Waals surface area contributed by atoms with Gasteiger partial charge in [-0.2, -0.15) is 0 Å². The van der Waals surface area contributed by atoms with Crippen molar-refractivity contribution in [2.75, 3.05) is 45.8 Å². The number of aliphatic hydroxyl groups is 1. The molecule has 0 bridgehead atoms. The Morgan fingerprint density at radius 2 is 0.659 bits per heavy atom. The minimum absolute atomic E-state index is 0.00431. The van der Waals surface area contributed by atoms with Crippen molar-refractivity contribution in [1.29, 1.82) is 0 Å². The maximum absolute atomic E-state index is 14.5. The number of aliphatic imine (C=N–C) groups is 4. The molecule has 0 rings (SSSR count). The van der Waals surface area contributed by atoms with Crippen LogP contribution in [0.3, 0.4) is 0 Å². The summed E-state index contributed by atoms with van der Waals surface area (Å²) in [6, 6.07) is -11.1. The molecule has 0 spiro atoms. The highest BCUT2D eigenvalue weighted by atomic mass is 16.3. The molecule has 0 aromatic heterocycles. The van der Waals surface area contributed by atoms with Crippen LogP contribution in [0.5, 0.6) is 0 Å². The third-order valence-corrected chi connectivity index (χ3v) is 11.8. The van der Waals surface area contributed by atoms with Crippen LogP contribution in [0.25, 0.3) is 0 Å². The van der Waals surface area contributed by atoms with Crippen molar-refractivity contribution >= 4 is 82.9 Å². The van der Waals surface area contributed by atoms with Gasteiger partial charge in [-0.1, -0.05) is 0 Å². The number of carbonyl (C=O) groups excluding carboxylic acids is 10. The first kappa shape index (κ1) is 73.7. The average molecular weight is 1170 g/mol. The molecule has 0 heterocycles. The van der Waals surface area contributed by atoms with E-state index in [1.165, 1.54) is 20.8 Å². The molecule has 0 aromatic carbocycles. The number of unbranched alkanes of at least 4 members (excludes halogenated alkanes) is 2. The molecule has 82 heavy (non-hydrogen) atoms. The van der Waals surface area contributed by atoms with E-state index in [2.05, 4.69) is 67.8 Å². The molecular weight excluding hydrogens is 1080 g/mol. The molecule has 0 aliphatic heterocycles. The van der Waals surface area contributed by atoms with E-state index in [1.807, 2.05) is 0 Å². The van der Waals surface area contributed by atoms with Gasteiger partial charge in [-0.25, -0.2) is 0 Å². The molecule has 0 aliphatic rings. The number of rotatable bonds is 43. The molecule has 0 saturated heterocycles. The van der Waals surface area contributed by atoms with Crippen LogP contribution in [0.2, 0.25) is 0 Å². The molecule has 466 valence electrons. The van der Waals surface area contributed by atoms with Crippen LogP contribution >= 0.6 is 0 Å². The molecule has 32 N–H and O–H groups in total. The number of hydrogen-bond acceptors (Lipinski definition) is 17. The number of nitrogens with two attached hydrogens (primary N) is 11. The highest BCUT2D eigenvalue weighted by molar-refractivity contribution is 5.98. The van der Waals surface area contributed by atoms with Gasteiger partial charge in [-0.3, -0.25) is 67.9 Å². The van der Waals surface area contributed by atoms with Crippen molar-refractivity contribution in [3.63, 3.8) is 0 Å². The van der Waals surface area contributed by atoms with E-state index in [0.29, 0.717) is 25.7 Å². The minimum atomic E-state index is -1.53. The number of nitrogens with one attached hydrogen (secondary N) is 9. The number of guanidine groups is 4. The second-order valence-electron chi connectivity index (χ2n) is 19.1. The summed E-state index contributed by atoms with van der Waals surface area (Å²) in [4.78, 5) is 150. The Morgan fingerprint density at radius 3 is 0.902 bits per heavy atom. The number of nitrogens with zero attached hydrogens (tertiary/aromatic N) is 4. The Morgan fingerprint density at radius 1 is 0.390 bits per heavy atom. The highest BCUT2D eigenvalue weighted by Gasteiger charge is 2.35. The lowest BCUT2D eigenvalue weighted by Crippen LogP contribution is -2.60. The van der Waals surface area contributed by atoms with Gasteiger partial charge in [0.05, 0.1) is 12.6 Å². The number of primary amides is 1. The monoisotopic (exact) mass is 1170 g/mol. The van der Waals surface area contributed by atoms with E-state index >= 15 is 0 Å². The summed E-state index contributed by atoms with van der Waals surface area (Å²) < 4.78 is 0. The van der Waals surface area contributed by atoms with Crippen molar-refractivity contribution in [2.45, 2.75) is 165 Å². The Hall–Kier alpha value is -8.34. The maximum atomic E-state index is 14.5. The molecule has 10 amide bonds. The summed E-state index contributed by atoms with van der Waals surface area (Å²) in [7, 11) is 0. The molecular formula is C47H92N24O11. The summed E-state index contributed by atoms with van der Waals surface area (Å²) in [6.07, 6.45) is -0.000132. The van der Waals surface area contributed by atoms with Crippen LogP contribution in [0, 0.1) is 0 Å². The Bertz CT molecular complexity index is 2180. The van der Waals surface area contributed by atoms with E-state index in [4.69, 9.17) is 63.1 Å². The topological polar surface area (TPSA) is 635 Å². The van der Waals surface area contributed by atoms with Gasteiger partial charge < -0.3 is 116 Å². The first-order valence-electron chi connectivity index (χ1n) is 26.9. The van der Waals surface area contributed by atoms with Crippen LogP contribution in [0.4, 0.5) is 0 Å². The molecule has 0 aliphatic carbocycles. The predicted molar refractivity (Wildman–Crippen MR) is 306 cm³/mol. The second kappa shape index (κ2) is 41.6. The summed E-state index contributed by atoms with van der Waals surface area (Å²) >= 11 is 0. The van der Waals surface area contributed by atoms with Gasteiger partial charge in [-0.05, 0) is 117 Å². The van der Waals surface area contributed by atoms with Crippen molar-refractivity contribution in [1.82, 2.24) is 47.9 Å². The minimum Gasteiger partial charge on any atom is -0.391 e. The van der Waals surface area contributed by atoms with E-state index in [-0.39, 0.29) is 127 Å². The van der Waals surface area contributed by atoms with E-state index in [1.54, 1.807) is 0 Å². The number of aliphatic hydroxyl groups excluding tert-OH is 1. The maximum Gasteiger partial charge on any atom is 0.243 e. The average Bonchev–Trinajstić information content (AvgIpc) is 3.40. The van der Waals surface area contributed by atoms with Gasteiger partial charge in [0.25, 0.3) is 0 Å². The van der Waals surface area contributed by atoms with Gasteiger partial charge in [0.15, 0.2) is 23.8 Å². The summed E-state index contributed by atoms with van der Waals surface area (Å²) in [5.74, 6) is -9.30. The fourth-order valence-corrected chi connectivity index (χ4v) is 7.52. The molecule has 0 aromatic rings. The van der Waals surface area contributed by atoms with E-state index in [0.717, 1.165) is 0 Å². The Balaban J connectivity index is 7.20. The van der Waals surface area contributed by atoms with Gasteiger partial charge in [0.1, 0.15) is 48.3 Å². The quantitative estimate of drug-likeness (QED) is 0.0153. The standard InChI is InChI=1S/C47H92N24O11/c1-25(64-34(74)24-63-27(3)73)37(76)65-30(14-8-20-59-44(51)52)40(79)68-32(16-10-22-61-46(55)56)42(81)69-31(15-9-21-60-45(53)54)41(80)67-28(12-4-6-18-48)38(77)66-29(13-5-7-19-49)39(78)70-33(17-11-23-62-47(57)58)43(82)71-35(26(2)72)36(50)75/h25-26,28-33,35,72H,4-24,48-49H2,1-3H3,(H2,50,75)(H,63,73)(H,64,74)(H,65,76)(H,66,77)(H,67,80)(H,68,79)(H,69,81)(H,70,78)(H,71,82)(H4,51,52,59)(H4,53,54,60)(H4,55,56,61)(H4,57,58,62)/t25-,26+,28-,29-,30-,31-,32-,33-,35-/m0/s1. The zero-order valence-electron chi connectivity index (χ0n) is 47.2. The SMILES string of the molecule is CC(=O)NCC(=O)N[C@@H](C)C(=O)N[C@@H](CCCN=C(N)N)C(=O)N[C@@H](CCCN=C(N)N)C(=O)N[C@@H](CCCN=C(N)N)C(=O)N[C@@H](CCCCN)C(=O)N[C@@H](CCCCN)C(=O)N[C@@H](CCCN=C(N)N)C(=O)N[C@H](C(N)=O)[C@@H](C)O. The zero-order valence-corrected chi connectivity index (χ0v) is 47.2. The lowest BCUT2D eigenvalue weighted by Gasteiger charge is -2.28. The van der Waals surface area contributed by atoms with Gasteiger partial charge in [0.2, 0.25) is 59.1 Å². The zero-order chi connectivity index (χ0) is 62.3. The normalized spacial score (nSPS) is 14.0. The van der Waals surface area contributed by atoms with E-state index < -0.39 is 120 Å². The smallest absolute Gasteiger partial charge is 0.243 e. The Labute approximate surface area is 476 Å². The summed E-state index contributed by atoms with van der Waals surface area (Å²) in [6.45, 7) is 3.82. The van der Waals surface area contributed by atoms with Crippen LogP contribution in [-0.4, -0.2) is 188 Å². The molecule has 0 saturated carbocycles. The van der Waals surface area contributed by atoms with Crippen molar-refractivity contribution in [2.24, 2.45) is 83.0 Å². The largest absolute Gasteiger partial charge is 0.391 e. The Kier molecular flexibility index (Phi) is 37.4. The molecule has 0 radical (unpaired) electrons. The van der Waals surface area contributed by atoms with Gasteiger partial charge in [0, 0.05) is 33.1 Å². The van der Waals surface area contributed by atoms with Crippen LogP contribution in [0.15, 0.2) is 20.0 Å². The molecule has 35 nitrogen and oxygen atoms in total. The first-order valence-corrected chi connectivity index (χ1v) is 26.9. The van der Waals surface area contributed by atoms with Gasteiger partial charge >= 0.3 is 0 Å². The molecule has 9 atom stereocenters. The molecule has 0 unspecified atom stereocenters. The van der Waals surface area contributed by atoms with Gasteiger partial charge in [-0.15, -0.1) is 0 Å². The third-order valence-electron chi connectivity index (χ3n) is 11.8. The fraction of sp³-hybridized carbons (Fsp3) is 0.702. The first-order chi connectivity index (χ1) is 38.6. The molecule has 35 heteroatoms. The molecule has 0 fully saturated rings. The lowest BCUT2D eigenvalue weighted by atomic mass is 10.0. The van der Waals surface area contributed by atoms with E-state index in [9.17, 15) is 53.1 Å². The highest BCUT2D eigenvalue weighted by Crippen LogP contribution is 2.11. The number of amides is 10. The second-order valence-corrected chi connectivity index (χ2v) is 19.1. The van der Waals surface area contributed by atoms with Crippen LogP contribution in [0.1, 0.15) is 111 Å². The fourth-order valence-electron chi connectivity index (χ4n) is 7.52. The predicted octanol–water partition coefficient (Wildman–Crippen LogP) is -9.64. The summed E-state index contributed by atoms with van der Waals surface area (Å²) in [5.41, 5.74) is 60.9. The summed E-state index contributed by atoms with van der Waals surface area (Å²) in [5, 5.41) is 33.0. The van der Waals surface area contributed by atoms with Crippen LogP contribution < -0.4 is 111 Å². The van der Waals surface area contributed by atoms with Crippen molar-refractivity contribution < 1.29 is 53.1 Å². The van der Waals surface area contributed by atoms with Crippen LogP contribution in [-0.2, 0) is 47.9 Å². The van der Waals surface area contributed by atoms with Crippen molar-refractivity contribution in [3.8, 4) is 0 Å².